The summed E-state index contributed by atoms with van der Waals surface area (Å²) in [6.45, 7) is 1.49. The van der Waals surface area contributed by atoms with Crippen molar-refractivity contribution in [1.82, 2.24) is 0 Å². The van der Waals surface area contributed by atoms with Crippen LogP contribution in [0.4, 0.5) is 0 Å². The first-order valence-electron chi connectivity index (χ1n) is 13.0. The van der Waals surface area contributed by atoms with Gasteiger partial charge in [-0.2, -0.15) is 0 Å². The molecule has 6 heteroatoms. The Morgan fingerprint density at radius 3 is 2.17 bits per heavy atom. The molecule has 3 aliphatic carbocycles. The SMILES string of the molecule is COc1cc2c(cc1OC)C1CC(O)CCC1N=C2c1ccc(OCC2CC2)c(OCC2CC2)c1. The van der Waals surface area contributed by atoms with Crippen molar-refractivity contribution in [1.29, 1.82) is 0 Å². The zero-order chi connectivity index (χ0) is 23.9. The molecule has 6 nitrogen and oxygen atoms in total. The van der Waals surface area contributed by atoms with Crippen LogP contribution in [0.5, 0.6) is 23.0 Å². The van der Waals surface area contributed by atoms with E-state index in [0.29, 0.717) is 29.8 Å². The molecule has 3 unspecified atom stereocenters. The Labute approximate surface area is 207 Å². The van der Waals surface area contributed by atoms with Crippen molar-refractivity contribution in [2.45, 2.75) is 63.0 Å². The quantitative estimate of drug-likeness (QED) is 0.542. The number of aliphatic imine (C=N–C) groups is 1. The Hall–Kier alpha value is -2.73. The second-order valence-electron chi connectivity index (χ2n) is 10.6. The van der Waals surface area contributed by atoms with Crippen LogP contribution in [0, 0.1) is 11.8 Å². The van der Waals surface area contributed by atoms with Gasteiger partial charge in [0.1, 0.15) is 0 Å². The fourth-order valence-corrected chi connectivity index (χ4v) is 5.36. The summed E-state index contributed by atoms with van der Waals surface area (Å²) in [5, 5.41) is 10.4. The number of fused-ring (bicyclic) bond motifs is 3. The topological polar surface area (TPSA) is 69.5 Å². The van der Waals surface area contributed by atoms with E-state index in [-0.39, 0.29) is 18.1 Å². The summed E-state index contributed by atoms with van der Waals surface area (Å²) in [5.74, 6) is 4.54. The van der Waals surface area contributed by atoms with E-state index in [1.807, 2.05) is 12.1 Å². The van der Waals surface area contributed by atoms with Gasteiger partial charge in [0, 0.05) is 17.0 Å². The zero-order valence-electron chi connectivity index (χ0n) is 20.7. The molecule has 0 amide bonds. The van der Waals surface area contributed by atoms with E-state index in [1.54, 1.807) is 14.2 Å². The van der Waals surface area contributed by atoms with Crippen molar-refractivity contribution >= 4 is 5.71 Å². The number of aliphatic hydroxyl groups excluding tert-OH is 1. The average molecular weight is 478 g/mol. The molecule has 3 saturated carbocycles. The number of nitrogens with zero attached hydrogens (tertiary/aromatic N) is 1. The van der Waals surface area contributed by atoms with Gasteiger partial charge in [-0.15, -0.1) is 0 Å². The van der Waals surface area contributed by atoms with Gasteiger partial charge in [0.05, 0.1) is 45.3 Å². The van der Waals surface area contributed by atoms with Gasteiger partial charge in [-0.1, -0.05) is 0 Å². The predicted octanol–water partition coefficient (Wildman–Crippen LogP) is 5.13. The van der Waals surface area contributed by atoms with Crippen molar-refractivity contribution in [3.8, 4) is 23.0 Å². The Morgan fingerprint density at radius 1 is 0.800 bits per heavy atom. The largest absolute Gasteiger partial charge is 0.493 e. The van der Waals surface area contributed by atoms with Crippen LogP contribution in [0.1, 0.15) is 67.6 Å². The minimum atomic E-state index is -0.292. The molecule has 1 heterocycles. The van der Waals surface area contributed by atoms with Crippen molar-refractivity contribution < 1.29 is 24.1 Å². The highest BCUT2D eigenvalue weighted by Crippen LogP contribution is 2.45. The number of methoxy groups -OCH3 is 2. The molecule has 4 aliphatic rings. The Morgan fingerprint density at radius 2 is 1.49 bits per heavy atom. The lowest BCUT2D eigenvalue weighted by atomic mass is 9.74. The smallest absolute Gasteiger partial charge is 0.161 e. The highest BCUT2D eigenvalue weighted by Gasteiger charge is 2.37. The highest BCUT2D eigenvalue weighted by molar-refractivity contribution is 6.15. The summed E-state index contributed by atoms with van der Waals surface area (Å²) in [5.41, 5.74) is 4.18. The van der Waals surface area contributed by atoms with Crippen molar-refractivity contribution in [3.05, 3.63) is 47.0 Å². The van der Waals surface area contributed by atoms with Gasteiger partial charge in [0.15, 0.2) is 23.0 Å². The third-order valence-corrected chi connectivity index (χ3v) is 7.85. The molecule has 0 radical (unpaired) electrons. The lowest BCUT2D eigenvalue weighted by Gasteiger charge is -2.37. The summed E-state index contributed by atoms with van der Waals surface area (Å²) in [6.07, 6.45) is 7.08. The van der Waals surface area contributed by atoms with Crippen molar-refractivity contribution in [2.75, 3.05) is 27.4 Å². The lowest BCUT2D eigenvalue weighted by molar-refractivity contribution is 0.111. The molecule has 2 aromatic carbocycles. The predicted molar refractivity (Wildman–Crippen MR) is 134 cm³/mol. The van der Waals surface area contributed by atoms with Crippen molar-refractivity contribution in [3.63, 3.8) is 0 Å². The number of benzene rings is 2. The molecule has 1 aliphatic heterocycles. The van der Waals surface area contributed by atoms with E-state index in [9.17, 15) is 5.11 Å². The van der Waals surface area contributed by atoms with Crippen molar-refractivity contribution in [2.24, 2.45) is 16.8 Å². The minimum absolute atomic E-state index is 0.139. The van der Waals surface area contributed by atoms with Crippen LogP contribution in [0.15, 0.2) is 35.3 Å². The third-order valence-electron chi connectivity index (χ3n) is 7.85. The Kier molecular flexibility index (Phi) is 6.09. The maximum atomic E-state index is 10.4. The molecule has 3 fully saturated rings. The zero-order valence-corrected chi connectivity index (χ0v) is 20.7. The van der Waals surface area contributed by atoms with Crippen LogP contribution in [-0.4, -0.2) is 50.4 Å². The number of ether oxygens (including phenoxy) is 4. The third kappa shape index (κ3) is 4.73. The lowest BCUT2D eigenvalue weighted by Crippen LogP contribution is -2.34. The Bertz CT molecular complexity index is 1120. The molecule has 0 saturated heterocycles. The maximum absolute atomic E-state index is 10.4. The molecule has 0 bridgehead atoms. The van der Waals surface area contributed by atoms with Gasteiger partial charge in [-0.05, 0) is 92.7 Å². The number of hydrogen-bond acceptors (Lipinski definition) is 6. The second kappa shape index (κ2) is 9.38. The van der Waals surface area contributed by atoms with E-state index in [2.05, 4.69) is 18.2 Å². The first kappa shape index (κ1) is 22.7. The molecule has 0 spiro atoms. The second-order valence-corrected chi connectivity index (χ2v) is 10.6. The molecule has 0 aromatic heterocycles. The molecule has 3 atom stereocenters. The van der Waals surface area contributed by atoms with Gasteiger partial charge in [0.2, 0.25) is 0 Å². The van der Waals surface area contributed by atoms with Gasteiger partial charge in [-0.3, -0.25) is 4.99 Å². The van der Waals surface area contributed by atoms with Crippen LogP contribution >= 0.6 is 0 Å². The maximum Gasteiger partial charge on any atom is 0.161 e. The average Bonchev–Trinajstić information content (AvgIpc) is 3.80. The summed E-state index contributed by atoms with van der Waals surface area (Å²) >= 11 is 0. The van der Waals surface area contributed by atoms with Crippen LogP contribution in [0.25, 0.3) is 0 Å². The summed E-state index contributed by atoms with van der Waals surface area (Å²) in [4.78, 5) is 5.26. The summed E-state index contributed by atoms with van der Waals surface area (Å²) in [7, 11) is 3.33. The van der Waals surface area contributed by atoms with E-state index < -0.39 is 0 Å². The van der Waals surface area contributed by atoms with E-state index in [0.717, 1.165) is 54.4 Å². The molecule has 1 N–H and O–H groups in total. The van der Waals surface area contributed by atoms with E-state index in [1.165, 1.54) is 31.2 Å². The van der Waals surface area contributed by atoms with E-state index in [4.69, 9.17) is 23.9 Å². The van der Waals surface area contributed by atoms with Gasteiger partial charge >= 0.3 is 0 Å². The number of rotatable bonds is 9. The minimum Gasteiger partial charge on any atom is -0.493 e. The summed E-state index contributed by atoms with van der Waals surface area (Å²) in [6, 6.07) is 10.5. The van der Waals surface area contributed by atoms with Gasteiger partial charge in [0.25, 0.3) is 0 Å². The van der Waals surface area contributed by atoms with Crippen LogP contribution in [0.2, 0.25) is 0 Å². The standard InChI is InChI=1S/C29H35NO5/c1-32-26-13-21-22-12-20(31)8-9-24(22)30-29(23(21)14-27(26)33-2)19-7-10-25(34-15-17-3-4-17)28(11-19)35-16-18-5-6-18/h7,10-11,13-14,17-18,20,22,24,31H,3-6,8-9,12,15-16H2,1-2H3. The molecule has 6 rings (SSSR count). The Balaban J connectivity index is 1.40. The van der Waals surface area contributed by atoms with Gasteiger partial charge < -0.3 is 24.1 Å². The fourth-order valence-electron chi connectivity index (χ4n) is 5.36. The fraction of sp³-hybridized carbons (Fsp3) is 0.552. The molecule has 35 heavy (non-hydrogen) atoms. The molecular weight excluding hydrogens is 442 g/mol. The normalized spacial score (nSPS) is 25.2. The van der Waals surface area contributed by atoms with Crippen LogP contribution in [0.3, 0.4) is 0 Å². The van der Waals surface area contributed by atoms with Crippen LogP contribution < -0.4 is 18.9 Å². The molecular formula is C29H35NO5. The number of aliphatic hydroxyl groups is 1. The molecule has 2 aromatic rings. The van der Waals surface area contributed by atoms with E-state index >= 15 is 0 Å². The first-order chi connectivity index (χ1) is 17.1. The summed E-state index contributed by atoms with van der Waals surface area (Å²) < 4.78 is 23.7. The first-order valence-corrected chi connectivity index (χ1v) is 13.0. The molecule has 186 valence electrons. The number of hydrogen-bond donors (Lipinski definition) is 1. The van der Waals surface area contributed by atoms with Crippen LogP contribution in [-0.2, 0) is 0 Å². The monoisotopic (exact) mass is 477 g/mol. The highest BCUT2D eigenvalue weighted by atomic mass is 16.5. The van der Waals surface area contributed by atoms with Gasteiger partial charge in [-0.25, -0.2) is 0 Å².